The largest absolute Gasteiger partial charge is 0.466 e. The minimum atomic E-state index is -4.30. The maximum Gasteiger partial charge on any atom is 0.416 e. The fourth-order valence-electron chi connectivity index (χ4n) is 3.61. The normalized spacial score (nSPS) is 17.5. The Morgan fingerprint density at radius 1 is 1.12 bits per heavy atom. The summed E-state index contributed by atoms with van der Waals surface area (Å²) in [4.78, 5) is 11.9. The molecule has 0 unspecified atom stereocenters. The van der Waals surface area contributed by atoms with Gasteiger partial charge in [0.15, 0.2) is 0 Å². The van der Waals surface area contributed by atoms with E-state index in [1.54, 1.807) is 19.1 Å². The van der Waals surface area contributed by atoms with Crippen LogP contribution in [0.25, 0.3) is 0 Å². The highest BCUT2D eigenvalue weighted by Gasteiger charge is 2.34. The van der Waals surface area contributed by atoms with Gasteiger partial charge in [0.25, 0.3) is 0 Å². The minimum Gasteiger partial charge on any atom is -0.466 e. The lowest BCUT2D eigenvalue weighted by Crippen LogP contribution is -2.29. The third kappa shape index (κ3) is 5.25. The topological polar surface area (TPSA) is 26.3 Å². The smallest absolute Gasteiger partial charge is 0.416 e. The van der Waals surface area contributed by atoms with E-state index in [0.717, 1.165) is 49.8 Å². The number of carbonyl (C=O) groups excluding carboxylic acids is 1. The van der Waals surface area contributed by atoms with Crippen LogP contribution in [-0.4, -0.2) is 12.6 Å². The second-order valence-electron chi connectivity index (χ2n) is 6.74. The third-order valence-electron chi connectivity index (χ3n) is 4.96. The number of esters is 1. The number of rotatable bonds is 6. The maximum absolute atomic E-state index is 12.6. The minimum absolute atomic E-state index is 0.0623. The van der Waals surface area contributed by atoms with Gasteiger partial charge in [-0.05, 0) is 55.7 Å². The van der Waals surface area contributed by atoms with Crippen LogP contribution in [0.4, 0.5) is 13.2 Å². The molecule has 0 bridgehead atoms. The van der Waals surface area contributed by atoms with E-state index in [2.05, 4.69) is 0 Å². The molecule has 0 heterocycles. The van der Waals surface area contributed by atoms with Crippen molar-refractivity contribution in [1.82, 2.24) is 0 Å². The number of ether oxygens (including phenoxy) is 1. The van der Waals surface area contributed by atoms with Crippen LogP contribution in [0.5, 0.6) is 0 Å². The van der Waals surface area contributed by atoms with Crippen LogP contribution < -0.4 is 0 Å². The standard InChI is InChI=1S/C19H25F3O2/c1-2-24-17(23)14-18(11-4-3-5-12-18)13-10-15-6-8-16(9-7-15)19(20,21)22/h6-9H,2-5,10-14H2,1H3. The second kappa shape index (κ2) is 8.04. The predicted molar refractivity (Wildman–Crippen MR) is 86.5 cm³/mol. The van der Waals surface area contributed by atoms with Crippen molar-refractivity contribution in [2.75, 3.05) is 6.61 Å². The van der Waals surface area contributed by atoms with Gasteiger partial charge in [-0.2, -0.15) is 13.2 Å². The average Bonchev–Trinajstić information content (AvgIpc) is 2.54. The Bertz CT molecular complexity index is 529. The predicted octanol–water partition coefficient (Wildman–Crippen LogP) is 5.54. The molecule has 0 saturated heterocycles. The molecule has 1 aliphatic carbocycles. The molecule has 0 atom stereocenters. The fourth-order valence-corrected chi connectivity index (χ4v) is 3.61. The number of halogens is 3. The molecule has 1 aliphatic rings. The molecule has 5 heteroatoms. The molecule has 0 aliphatic heterocycles. The molecule has 1 saturated carbocycles. The Hall–Kier alpha value is -1.52. The molecule has 0 N–H and O–H groups in total. The monoisotopic (exact) mass is 342 g/mol. The first-order valence-electron chi connectivity index (χ1n) is 8.66. The van der Waals surface area contributed by atoms with E-state index >= 15 is 0 Å². The Morgan fingerprint density at radius 3 is 2.29 bits per heavy atom. The number of carbonyl (C=O) groups is 1. The summed E-state index contributed by atoms with van der Waals surface area (Å²) in [5.41, 5.74) is 0.203. The van der Waals surface area contributed by atoms with Crippen molar-refractivity contribution >= 4 is 5.97 Å². The zero-order chi connectivity index (χ0) is 17.6. The van der Waals surface area contributed by atoms with Crippen LogP contribution in [-0.2, 0) is 22.1 Å². The van der Waals surface area contributed by atoms with Crippen molar-refractivity contribution in [2.45, 2.75) is 64.5 Å². The van der Waals surface area contributed by atoms with E-state index in [0.29, 0.717) is 19.4 Å². The van der Waals surface area contributed by atoms with Gasteiger partial charge in [0, 0.05) is 0 Å². The van der Waals surface area contributed by atoms with Gasteiger partial charge in [-0.15, -0.1) is 0 Å². The first-order chi connectivity index (χ1) is 11.3. The molecule has 1 aromatic rings. The van der Waals surface area contributed by atoms with Crippen LogP contribution in [0.15, 0.2) is 24.3 Å². The first-order valence-corrected chi connectivity index (χ1v) is 8.66. The van der Waals surface area contributed by atoms with E-state index in [1.807, 2.05) is 0 Å². The lowest BCUT2D eigenvalue weighted by Gasteiger charge is -2.36. The van der Waals surface area contributed by atoms with Gasteiger partial charge in [-0.25, -0.2) is 0 Å². The van der Waals surface area contributed by atoms with Gasteiger partial charge in [0.1, 0.15) is 0 Å². The number of alkyl halides is 3. The van der Waals surface area contributed by atoms with E-state index in [-0.39, 0.29) is 11.4 Å². The van der Waals surface area contributed by atoms with Gasteiger partial charge in [-0.1, -0.05) is 31.4 Å². The second-order valence-corrected chi connectivity index (χ2v) is 6.74. The quantitative estimate of drug-likeness (QED) is 0.634. The molecule has 0 aromatic heterocycles. The van der Waals surface area contributed by atoms with Crippen molar-refractivity contribution < 1.29 is 22.7 Å². The summed E-state index contributed by atoms with van der Waals surface area (Å²) in [7, 11) is 0. The van der Waals surface area contributed by atoms with Crippen molar-refractivity contribution in [2.24, 2.45) is 5.41 Å². The zero-order valence-corrected chi connectivity index (χ0v) is 14.1. The average molecular weight is 342 g/mol. The molecule has 0 spiro atoms. The maximum atomic E-state index is 12.6. The van der Waals surface area contributed by atoms with Crippen LogP contribution in [0.1, 0.15) is 63.0 Å². The Balaban J connectivity index is 2.00. The Morgan fingerprint density at radius 2 is 1.75 bits per heavy atom. The molecular formula is C19H25F3O2. The van der Waals surface area contributed by atoms with Crippen molar-refractivity contribution in [1.29, 1.82) is 0 Å². The molecule has 134 valence electrons. The summed E-state index contributed by atoms with van der Waals surface area (Å²) in [6, 6.07) is 5.36. The Kier molecular flexibility index (Phi) is 6.30. The van der Waals surface area contributed by atoms with Crippen molar-refractivity contribution in [3.63, 3.8) is 0 Å². The number of benzene rings is 1. The molecule has 0 radical (unpaired) electrons. The van der Waals surface area contributed by atoms with Crippen molar-refractivity contribution in [3.05, 3.63) is 35.4 Å². The molecule has 2 nitrogen and oxygen atoms in total. The molecule has 2 rings (SSSR count). The molecular weight excluding hydrogens is 317 g/mol. The van der Waals surface area contributed by atoms with Gasteiger partial charge < -0.3 is 4.74 Å². The summed E-state index contributed by atoms with van der Waals surface area (Å²) in [6.45, 7) is 2.18. The van der Waals surface area contributed by atoms with Gasteiger partial charge in [0.2, 0.25) is 0 Å². The highest BCUT2D eigenvalue weighted by atomic mass is 19.4. The summed E-state index contributed by atoms with van der Waals surface area (Å²) in [5.74, 6) is -0.160. The van der Waals surface area contributed by atoms with Crippen molar-refractivity contribution in [3.8, 4) is 0 Å². The third-order valence-corrected chi connectivity index (χ3v) is 4.96. The van der Waals surface area contributed by atoms with Crippen LogP contribution in [0, 0.1) is 5.41 Å². The van der Waals surface area contributed by atoms with Crippen LogP contribution in [0.2, 0.25) is 0 Å². The lowest BCUT2D eigenvalue weighted by atomic mass is 9.68. The molecule has 1 aromatic carbocycles. The summed E-state index contributed by atoms with van der Waals surface area (Å²) < 4.78 is 43.0. The van der Waals surface area contributed by atoms with Gasteiger partial charge in [0.05, 0.1) is 18.6 Å². The summed E-state index contributed by atoms with van der Waals surface area (Å²) >= 11 is 0. The fraction of sp³-hybridized carbons (Fsp3) is 0.632. The van der Waals surface area contributed by atoms with E-state index in [4.69, 9.17) is 4.74 Å². The number of hydrogen-bond acceptors (Lipinski definition) is 2. The first kappa shape index (κ1) is 18.8. The van der Waals surface area contributed by atoms with Gasteiger partial charge >= 0.3 is 12.1 Å². The van der Waals surface area contributed by atoms with E-state index in [9.17, 15) is 18.0 Å². The van der Waals surface area contributed by atoms with E-state index in [1.165, 1.54) is 6.42 Å². The summed E-state index contributed by atoms with van der Waals surface area (Å²) in [6.07, 6.45) is 3.01. The zero-order valence-electron chi connectivity index (χ0n) is 14.1. The number of hydrogen-bond donors (Lipinski definition) is 0. The van der Waals surface area contributed by atoms with Crippen LogP contribution in [0.3, 0.4) is 0 Å². The molecule has 0 amide bonds. The summed E-state index contributed by atoms with van der Waals surface area (Å²) in [5, 5.41) is 0. The van der Waals surface area contributed by atoms with Crippen LogP contribution >= 0.6 is 0 Å². The molecule has 1 fully saturated rings. The molecule has 24 heavy (non-hydrogen) atoms. The van der Waals surface area contributed by atoms with E-state index < -0.39 is 11.7 Å². The number of aryl methyl sites for hydroxylation is 1. The Labute approximate surface area is 141 Å². The SMILES string of the molecule is CCOC(=O)CC1(CCc2ccc(C(F)(F)F)cc2)CCCCC1. The highest BCUT2D eigenvalue weighted by Crippen LogP contribution is 2.43. The van der Waals surface area contributed by atoms with Gasteiger partial charge in [-0.3, -0.25) is 4.79 Å². The highest BCUT2D eigenvalue weighted by molar-refractivity contribution is 5.70. The lowest BCUT2D eigenvalue weighted by molar-refractivity contribution is -0.146.